The predicted molar refractivity (Wildman–Crippen MR) is 94.5 cm³/mol. The second-order valence-corrected chi connectivity index (χ2v) is 5.84. The number of methoxy groups -OCH3 is 2. The van der Waals surface area contributed by atoms with Gasteiger partial charge in [-0.2, -0.15) is 5.10 Å². The summed E-state index contributed by atoms with van der Waals surface area (Å²) in [6.45, 7) is 5.03. The molecular weight excluding hydrogens is 340 g/mol. The third-order valence-corrected chi connectivity index (χ3v) is 4.09. The van der Waals surface area contributed by atoms with E-state index in [1.807, 2.05) is 0 Å². The van der Waals surface area contributed by atoms with Crippen LogP contribution in [0, 0.1) is 24.0 Å². The molecule has 2 rings (SSSR count). The summed E-state index contributed by atoms with van der Waals surface area (Å²) in [5.41, 5.74) is 1.37. The lowest BCUT2D eigenvalue weighted by Crippen LogP contribution is -2.31. The largest absolute Gasteiger partial charge is 0.497 e. The van der Waals surface area contributed by atoms with E-state index >= 15 is 0 Å². The third-order valence-electron chi connectivity index (χ3n) is 4.09. The standard InChI is InChI=1S/C17H22N4O5/c1-10-16(21(23)24)11(2)20(19-10)12(3)17(22)18-9-13-6-14(25-4)8-15(7-13)26-5/h6-8,12H,9H2,1-5H3,(H,18,22)/t12-/m1/s1. The van der Waals surface area contributed by atoms with Gasteiger partial charge in [-0.25, -0.2) is 0 Å². The molecule has 0 saturated heterocycles. The van der Waals surface area contributed by atoms with Crippen molar-refractivity contribution in [2.45, 2.75) is 33.4 Å². The molecule has 0 unspecified atom stereocenters. The van der Waals surface area contributed by atoms with Gasteiger partial charge in [0.05, 0.1) is 19.1 Å². The van der Waals surface area contributed by atoms with Crippen molar-refractivity contribution < 1.29 is 19.2 Å². The summed E-state index contributed by atoms with van der Waals surface area (Å²) < 4.78 is 11.8. The molecule has 0 aliphatic carbocycles. The molecule has 0 spiro atoms. The number of hydrogen-bond acceptors (Lipinski definition) is 6. The van der Waals surface area contributed by atoms with Crippen molar-refractivity contribution in [1.29, 1.82) is 0 Å². The fraction of sp³-hybridized carbons (Fsp3) is 0.412. The number of benzene rings is 1. The summed E-state index contributed by atoms with van der Waals surface area (Å²) in [5, 5.41) is 18.0. The summed E-state index contributed by atoms with van der Waals surface area (Å²) in [5.74, 6) is 0.943. The summed E-state index contributed by atoms with van der Waals surface area (Å²) in [6.07, 6.45) is 0. The zero-order valence-electron chi connectivity index (χ0n) is 15.4. The van der Waals surface area contributed by atoms with E-state index in [4.69, 9.17) is 9.47 Å². The number of carbonyl (C=O) groups excluding carboxylic acids is 1. The second kappa shape index (κ2) is 7.85. The molecule has 1 heterocycles. The van der Waals surface area contributed by atoms with Crippen LogP contribution in [0.25, 0.3) is 0 Å². The third kappa shape index (κ3) is 3.93. The van der Waals surface area contributed by atoms with E-state index in [1.54, 1.807) is 53.2 Å². The van der Waals surface area contributed by atoms with Crippen LogP contribution in [-0.4, -0.2) is 34.8 Å². The zero-order chi connectivity index (χ0) is 19.4. The Morgan fingerprint density at radius 2 is 1.85 bits per heavy atom. The van der Waals surface area contributed by atoms with Gasteiger partial charge in [0.2, 0.25) is 5.91 Å². The van der Waals surface area contributed by atoms with Crippen molar-refractivity contribution in [2.24, 2.45) is 0 Å². The fourth-order valence-electron chi connectivity index (χ4n) is 2.71. The number of ether oxygens (including phenoxy) is 2. The van der Waals surface area contributed by atoms with Crippen LogP contribution in [0.2, 0.25) is 0 Å². The van der Waals surface area contributed by atoms with E-state index in [1.165, 1.54) is 4.68 Å². The van der Waals surface area contributed by atoms with Crippen molar-refractivity contribution >= 4 is 11.6 Å². The molecule has 2 aromatic rings. The van der Waals surface area contributed by atoms with Gasteiger partial charge in [0.25, 0.3) is 0 Å². The van der Waals surface area contributed by atoms with Crippen LogP contribution in [0.3, 0.4) is 0 Å². The Labute approximate surface area is 151 Å². The Balaban J connectivity index is 2.13. The van der Waals surface area contributed by atoms with E-state index < -0.39 is 11.0 Å². The lowest BCUT2D eigenvalue weighted by molar-refractivity contribution is -0.386. The number of aryl methyl sites for hydroxylation is 1. The number of nitrogens with zero attached hydrogens (tertiary/aromatic N) is 3. The van der Waals surface area contributed by atoms with Crippen molar-refractivity contribution in [3.05, 3.63) is 45.3 Å². The maximum atomic E-state index is 12.5. The Morgan fingerprint density at radius 1 is 1.27 bits per heavy atom. The lowest BCUT2D eigenvalue weighted by Gasteiger charge is -2.15. The number of nitrogens with one attached hydrogen (secondary N) is 1. The highest BCUT2D eigenvalue weighted by Gasteiger charge is 2.26. The van der Waals surface area contributed by atoms with E-state index in [-0.39, 0.29) is 23.8 Å². The molecule has 0 fully saturated rings. The van der Waals surface area contributed by atoms with E-state index in [9.17, 15) is 14.9 Å². The van der Waals surface area contributed by atoms with Crippen LogP contribution >= 0.6 is 0 Å². The highest BCUT2D eigenvalue weighted by molar-refractivity contribution is 5.80. The minimum atomic E-state index is -0.685. The molecule has 26 heavy (non-hydrogen) atoms. The minimum Gasteiger partial charge on any atom is -0.497 e. The average Bonchev–Trinajstić information content (AvgIpc) is 2.92. The Kier molecular flexibility index (Phi) is 5.81. The molecule has 9 nitrogen and oxygen atoms in total. The molecule has 0 radical (unpaired) electrons. The van der Waals surface area contributed by atoms with E-state index in [0.717, 1.165) is 5.56 Å². The number of amides is 1. The number of nitro groups is 1. The van der Waals surface area contributed by atoms with Crippen LogP contribution in [0.15, 0.2) is 18.2 Å². The van der Waals surface area contributed by atoms with Crippen LogP contribution in [-0.2, 0) is 11.3 Å². The van der Waals surface area contributed by atoms with Crippen LogP contribution < -0.4 is 14.8 Å². The summed E-state index contributed by atoms with van der Waals surface area (Å²) in [6, 6.07) is 4.64. The normalized spacial score (nSPS) is 11.7. The molecule has 1 atom stereocenters. The monoisotopic (exact) mass is 362 g/mol. The van der Waals surface area contributed by atoms with Crippen molar-refractivity contribution in [1.82, 2.24) is 15.1 Å². The SMILES string of the molecule is COc1cc(CNC(=O)[C@@H](C)n2nc(C)c([N+](=O)[O-])c2C)cc(OC)c1. The molecular formula is C17H22N4O5. The molecule has 0 saturated carbocycles. The summed E-state index contributed by atoms with van der Waals surface area (Å²) in [7, 11) is 3.10. The molecule has 1 N–H and O–H groups in total. The average molecular weight is 362 g/mol. The van der Waals surface area contributed by atoms with Gasteiger partial charge in [-0.15, -0.1) is 0 Å². The lowest BCUT2D eigenvalue weighted by atomic mass is 10.2. The van der Waals surface area contributed by atoms with Crippen molar-refractivity contribution in [3.63, 3.8) is 0 Å². The Hall–Kier alpha value is -3.10. The van der Waals surface area contributed by atoms with Gasteiger partial charge in [-0.3, -0.25) is 19.6 Å². The van der Waals surface area contributed by atoms with Gasteiger partial charge in [-0.05, 0) is 38.5 Å². The number of rotatable bonds is 7. The van der Waals surface area contributed by atoms with Gasteiger partial charge in [0, 0.05) is 12.6 Å². The highest BCUT2D eigenvalue weighted by atomic mass is 16.6. The second-order valence-electron chi connectivity index (χ2n) is 5.84. The van der Waals surface area contributed by atoms with Gasteiger partial charge < -0.3 is 14.8 Å². The first-order valence-electron chi connectivity index (χ1n) is 7.98. The Morgan fingerprint density at radius 3 is 2.31 bits per heavy atom. The van der Waals surface area contributed by atoms with Crippen LogP contribution in [0.5, 0.6) is 11.5 Å². The predicted octanol–water partition coefficient (Wildman–Crippen LogP) is 2.30. The molecule has 1 aromatic heterocycles. The molecule has 0 bridgehead atoms. The summed E-state index contributed by atoms with van der Waals surface area (Å²) in [4.78, 5) is 23.1. The molecule has 9 heteroatoms. The maximum absolute atomic E-state index is 12.5. The number of carbonyl (C=O) groups is 1. The van der Waals surface area contributed by atoms with Gasteiger partial charge in [0.15, 0.2) is 0 Å². The van der Waals surface area contributed by atoms with E-state index in [0.29, 0.717) is 17.2 Å². The molecule has 0 aliphatic rings. The van der Waals surface area contributed by atoms with Gasteiger partial charge >= 0.3 is 5.69 Å². The molecule has 0 aliphatic heterocycles. The molecule has 1 aromatic carbocycles. The highest BCUT2D eigenvalue weighted by Crippen LogP contribution is 2.25. The Bertz CT molecular complexity index is 809. The fourth-order valence-corrected chi connectivity index (χ4v) is 2.71. The number of aromatic nitrogens is 2. The molecule has 140 valence electrons. The van der Waals surface area contributed by atoms with Crippen LogP contribution in [0.1, 0.15) is 29.9 Å². The first-order chi connectivity index (χ1) is 12.3. The zero-order valence-corrected chi connectivity index (χ0v) is 15.4. The van der Waals surface area contributed by atoms with Crippen molar-refractivity contribution in [3.8, 4) is 11.5 Å². The number of hydrogen-bond donors (Lipinski definition) is 1. The van der Waals surface area contributed by atoms with Crippen molar-refractivity contribution in [2.75, 3.05) is 14.2 Å². The summed E-state index contributed by atoms with van der Waals surface area (Å²) >= 11 is 0. The van der Waals surface area contributed by atoms with Gasteiger partial charge in [0.1, 0.15) is 28.9 Å². The van der Waals surface area contributed by atoms with Gasteiger partial charge in [-0.1, -0.05) is 0 Å². The first kappa shape index (κ1) is 19.2. The first-order valence-corrected chi connectivity index (χ1v) is 7.98. The quantitative estimate of drug-likeness (QED) is 0.598. The van der Waals surface area contributed by atoms with Crippen LogP contribution in [0.4, 0.5) is 5.69 Å². The maximum Gasteiger partial charge on any atom is 0.312 e. The van der Waals surface area contributed by atoms with E-state index in [2.05, 4.69) is 10.4 Å². The minimum absolute atomic E-state index is 0.0674. The molecule has 1 amide bonds. The smallest absolute Gasteiger partial charge is 0.312 e. The topological polar surface area (TPSA) is 109 Å².